The van der Waals surface area contributed by atoms with Gasteiger partial charge in [0.2, 0.25) is 6.20 Å². The van der Waals surface area contributed by atoms with Crippen molar-refractivity contribution in [1.82, 2.24) is 5.27 Å². The minimum atomic E-state index is -0.684. The Morgan fingerprint density at radius 3 is 2.12 bits per heavy atom. The van der Waals surface area contributed by atoms with Gasteiger partial charge in [-0.05, 0) is 11.1 Å². The van der Waals surface area contributed by atoms with E-state index in [2.05, 4.69) is 9.79 Å². The van der Waals surface area contributed by atoms with Gasteiger partial charge in [-0.15, -0.1) is 0 Å². The summed E-state index contributed by atoms with van der Waals surface area (Å²) in [6.07, 6.45) is 1.03. The normalized spacial score (nSPS) is 10.7. The predicted octanol–water partition coefficient (Wildman–Crippen LogP) is 0.980. The SMILES string of the molecule is O=C(C[n+]1cc([O-])on1)OCC(=O)C(c1ccccc1)c1ccccc1. The Morgan fingerprint density at radius 1 is 1.04 bits per heavy atom. The highest BCUT2D eigenvalue weighted by Gasteiger charge is 2.24. The van der Waals surface area contributed by atoms with Crippen molar-refractivity contribution in [2.24, 2.45) is 0 Å². The summed E-state index contributed by atoms with van der Waals surface area (Å²) in [6.45, 7) is -0.684. The molecule has 0 radical (unpaired) electrons. The zero-order chi connectivity index (χ0) is 18.4. The van der Waals surface area contributed by atoms with Crippen LogP contribution in [0.5, 0.6) is 5.95 Å². The minimum absolute atomic E-state index is 0.245. The van der Waals surface area contributed by atoms with E-state index >= 15 is 0 Å². The van der Waals surface area contributed by atoms with Crippen molar-refractivity contribution in [2.45, 2.75) is 12.5 Å². The molecule has 0 saturated heterocycles. The number of carbonyl (C=O) groups excluding carboxylic acids is 2. The van der Waals surface area contributed by atoms with Crippen LogP contribution in [-0.2, 0) is 20.9 Å². The van der Waals surface area contributed by atoms with Crippen LogP contribution in [-0.4, -0.2) is 23.6 Å². The maximum absolute atomic E-state index is 12.7. The molecule has 1 aromatic heterocycles. The second-order valence-electron chi connectivity index (χ2n) is 5.60. The molecule has 26 heavy (non-hydrogen) atoms. The maximum atomic E-state index is 12.7. The summed E-state index contributed by atoms with van der Waals surface area (Å²) < 4.78 is 10.4. The molecule has 3 rings (SSSR count). The third-order valence-corrected chi connectivity index (χ3v) is 3.74. The van der Waals surface area contributed by atoms with E-state index in [0.717, 1.165) is 22.0 Å². The van der Waals surface area contributed by atoms with E-state index in [4.69, 9.17) is 4.74 Å². The molecule has 0 aliphatic carbocycles. The fourth-order valence-corrected chi connectivity index (χ4v) is 2.60. The monoisotopic (exact) mass is 352 g/mol. The van der Waals surface area contributed by atoms with Crippen molar-refractivity contribution in [1.29, 1.82) is 0 Å². The lowest BCUT2D eigenvalue weighted by molar-refractivity contribution is -0.752. The van der Waals surface area contributed by atoms with Gasteiger partial charge in [0.05, 0.1) is 11.2 Å². The van der Waals surface area contributed by atoms with Gasteiger partial charge in [-0.3, -0.25) is 4.79 Å². The quantitative estimate of drug-likeness (QED) is 0.464. The van der Waals surface area contributed by atoms with Crippen LogP contribution in [0.2, 0.25) is 0 Å². The number of hydrogen-bond acceptors (Lipinski definition) is 6. The van der Waals surface area contributed by atoms with E-state index in [-0.39, 0.29) is 18.9 Å². The molecule has 0 atom stereocenters. The number of Topliss-reactive ketones (excluding diaryl/α,β-unsaturated/α-hetero) is 1. The number of ether oxygens (including phenoxy) is 1. The summed E-state index contributed by atoms with van der Waals surface area (Å²) in [5.41, 5.74) is 1.64. The summed E-state index contributed by atoms with van der Waals surface area (Å²) in [7, 11) is 0. The molecule has 0 fully saturated rings. The number of ketones is 1. The number of rotatable bonds is 7. The molecule has 0 aliphatic heterocycles. The highest BCUT2D eigenvalue weighted by Crippen LogP contribution is 2.25. The molecule has 0 bridgehead atoms. The third-order valence-electron chi connectivity index (χ3n) is 3.74. The van der Waals surface area contributed by atoms with Crippen LogP contribution in [0.4, 0.5) is 0 Å². The van der Waals surface area contributed by atoms with Gasteiger partial charge in [0.25, 0.3) is 6.54 Å². The first-order chi connectivity index (χ1) is 12.6. The van der Waals surface area contributed by atoms with E-state index in [1.165, 1.54) is 0 Å². The lowest BCUT2D eigenvalue weighted by atomic mass is 9.88. The standard InChI is InChI=1S/C19H16N2O5/c22-16(13-25-17(23)11-21-12-18(24)26-20-21)19(14-7-3-1-4-8-14)15-9-5-2-6-10-15/h1-10,12,19H,11,13H2. The lowest BCUT2D eigenvalue weighted by Crippen LogP contribution is -2.40. The number of carbonyl (C=O) groups is 2. The first-order valence-corrected chi connectivity index (χ1v) is 7.95. The fraction of sp³-hybridized carbons (Fsp3) is 0.158. The van der Waals surface area contributed by atoms with E-state index in [1.807, 2.05) is 60.7 Å². The zero-order valence-electron chi connectivity index (χ0n) is 13.8. The number of hydrogen-bond donors (Lipinski definition) is 0. The van der Waals surface area contributed by atoms with E-state index < -0.39 is 17.8 Å². The molecule has 0 aliphatic rings. The Bertz CT molecular complexity index is 838. The van der Waals surface area contributed by atoms with Crippen molar-refractivity contribution in [3.63, 3.8) is 0 Å². The van der Waals surface area contributed by atoms with Crippen LogP contribution >= 0.6 is 0 Å². The Morgan fingerprint density at radius 2 is 1.62 bits per heavy atom. The van der Waals surface area contributed by atoms with Crippen molar-refractivity contribution >= 4 is 11.8 Å². The van der Waals surface area contributed by atoms with Gasteiger partial charge >= 0.3 is 5.97 Å². The molecule has 0 unspecified atom stereocenters. The first-order valence-electron chi connectivity index (χ1n) is 7.95. The first kappa shape index (κ1) is 17.3. The lowest BCUT2D eigenvalue weighted by Gasteiger charge is -2.16. The van der Waals surface area contributed by atoms with Gasteiger partial charge < -0.3 is 14.4 Å². The highest BCUT2D eigenvalue weighted by atomic mass is 16.6. The Labute approximate surface area is 149 Å². The molecule has 1 heterocycles. The van der Waals surface area contributed by atoms with Crippen LogP contribution < -0.4 is 9.79 Å². The third kappa shape index (κ3) is 4.32. The van der Waals surface area contributed by atoms with E-state index in [0.29, 0.717) is 0 Å². The number of aromatic nitrogens is 2. The summed E-state index contributed by atoms with van der Waals surface area (Å²) in [5.74, 6) is -2.12. The largest absolute Gasteiger partial charge is 0.539 e. The average Bonchev–Trinajstić information content (AvgIpc) is 3.07. The fourth-order valence-electron chi connectivity index (χ4n) is 2.60. The van der Waals surface area contributed by atoms with Crippen molar-refractivity contribution in [3.05, 3.63) is 78.0 Å². The highest BCUT2D eigenvalue weighted by molar-refractivity contribution is 5.91. The maximum Gasteiger partial charge on any atom is 0.375 e. The number of benzene rings is 2. The molecule has 0 N–H and O–H groups in total. The summed E-state index contributed by atoms with van der Waals surface area (Å²) in [6, 6.07) is 18.6. The summed E-state index contributed by atoms with van der Waals surface area (Å²) in [4.78, 5) is 24.6. The molecule has 0 saturated carbocycles. The van der Waals surface area contributed by atoms with E-state index in [9.17, 15) is 14.7 Å². The second kappa shape index (κ2) is 8.06. The molecule has 2 aromatic carbocycles. The second-order valence-corrected chi connectivity index (χ2v) is 5.60. The molecule has 7 heteroatoms. The summed E-state index contributed by atoms with van der Waals surface area (Å²) in [5, 5.41) is 14.2. The molecule has 132 valence electrons. The van der Waals surface area contributed by atoms with Crippen LogP contribution in [0, 0.1) is 0 Å². The van der Waals surface area contributed by atoms with Gasteiger partial charge in [-0.2, -0.15) is 0 Å². The van der Waals surface area contributed by atoms with Gasteiger partial charge in [0.1, 0.15) is 5.95 Å². The molecular weight excluding hydrogens is 336 g/mol. The molecule has 0 spiro atoms. The molecular formula is C19H16N2O5. The van der Waals surface area contributed by atoms with Gasteiger partial charge in [-0.25, -0.2) is 4.79 Å². The van der Waals surface area contributed by atoms with Gasteiger partial charge in [-0.1, -0.05) is 65.3 Å². The molecule has 7 nitrogen and oxygen atoms in total. The van der Waals surface area contributed by atoms with Crippen molar-refractivity contribution < 1.29 is 28.6 Å². The topological polar surface area (TPSA) is 96.3 Å². The predicted molar refractivity (Wildman–Crippen MR) is 86.8 cm³/mol. The molecule has 0 amide bonds. The smallest absolute Gasteiger partial charge is 0.375 e. The van der Waals surface area contributed by atoms with Crippen molar-refractivity contribution in [2.75, 3.05) is 6.61 Å². The van der Waals surface area contributed by atoms with E-state index in [1.54, 1.807) is 0 Å². The summed E-state index contributed by atoms with van der Waals surface area (Å²) >= 11 is 0. The van der Waals surface area contributed by atoms with Crippen LogP contribution in [0.15, 0.2) is 71.4 Å². The number of nitrogens with zero attached hydrogens (tertiary/aromatic N) is 2. The van der Waals surface area contributed by atoms with Crippen LogP contribution in [0.25, 0.3) is 0 Å². The number of esters is 1. The average molecular weight is 352 g/mol. The molecule has 3 aromatic rings. The van der Waals surface area contributed by atoms with Gasteiger partial charge in [0.15, 0.2) is 12.4 Å². The zero-order valence-corrected chi connectivity index (χ0v) is 13.8. The minimum Gasteiger partial charge on any atom is -0.539 e. The van der Waals surface area contributed by atoms with Crippen molar-refractivity contribution in [3.8, 4) is 5.95 Å². The van der Waals surface area contributed by atoms with Crippen LogP contribution in [0.3, 0.4) is 0 Å². The Hall–Kier alpha value is -3.48. The Balaban J connectivity index is 1.69. The van der Waals surface area contributed by atoms with Gasteiger partial charge in [0, 0.05) is 0 Å². The van der Waals surface area contributed by atoms with Crippen LogP contribution in [0.1, 0.15) is 17.0 Å². The Kier molecular flexibility index (Phi) is 5.38.